The Hall–Kier alpha value is -0.0800. The van der Waals surface area contributed by atoms with Crippen LogP contribution in [0.25, 0.3) is 0 Å². The lowest BCUT2D eigenvalue weighted by Crippen LogP contribution is -2.53. The van der Waals surface area contributed by atoms with Crippen molar-refractivity contribution in [1.29, 1.82) is 0 Å². The van der Waals surface area contributed by atoms with E-state index in [4.69, 9.17) is 9.47 Å². The number of rotatable bonds is 8. The van der Waals surface area contributed by atoms with Gasteiger partial charge in [0, 0.05) is 0 Å². The second-order valence-electron chi connectivity index (χ2n) is 10.9. The van der Waals surface area contributed by atoms with Crippen LogP contribution in [0.4, 0.5) is 0 Å². The lowest BCUT2D eigenvalue weighted by atomic mass is 9.64. The van der Waals surface area contributed by atoms with Crippen molar-refractivity contribution in [3.8, 4) is 0 Å². The molecule has 0 radical (unpaired) electrons. The van der Waals surface area contributed by atoms with E-state index in [1.54, 1.807) is 0 Å². The van der Waals surface area contributed by atoms with E-state index in [1.807, 2.05) is 0 Å². The molecule has 1 aliphatic carbocycles. The first kappa shape index (κ1) is 22.6. The molecule has 1 saturated carbocycles. The van der Waals surface area contributed by atoms with Crippen LogP contribution in [-0.2, 0) is 9.47 Å². The Labute approximate surface area is 175 Å². The fraction of sp³-hybridized carbons (Fsp3) is 1.00. The number of ether oxygens (including phenoxy) is 2. The van der Waals surface area contributed by atoms with Crippen molar-refractivity contribution in [2.45, 2.75) is 142 Å². The predicted molar refractivity (Wildman–Crippen MR) is 119 cm³/mol. The summed E-state index contributed by atoms with van der Waals surface area (Å²) in [5.74, 6) is 0. The largest absolute Gasteiger partial charge is 0.374 e. The van der Waals surface area contributed by atoms with Gasteiger partial charge in [0.05, 0.1) is 24.4 Å². The van der Waals surface area contributed by atoms with Crippen molar-refractivity contribution in [2.75, 3.05) is 13.2 Å². The maximum atomic E-state index is 6.70. The zero-order chi connectivity index (χ0) is 20.1. The fourth-order valence-electron chi connectivity index (χ4n) is 6.25. The molecule has 0 aromatic heterocycles. The smallest absolute Gasteiger partial charge is 0.0685 e. The Balaban J connectivity index is 1.51. The van der Waals surface area contributed by atoms with Gasteiger partial charge in [-0.1, -0.05) is 53.4 Å². The molecule has 3 aliphatic rings. The van der Waals surface area contributed by atoms with Gasteiger partial charge < -0.3 is 9.47 Å². The summed E-state index contributed by atoms with van der Waals surface area (Å²) in [7, 11) is 0. The zero-order valence-corrected chi connectivity index (χ0v) is 19.5. The highest BCUT2D eigenvalue weighted by atomic mass is 16.5. The number of hydrogen-bond acceptors (Lipinski definition) is 2. The van der Waals surface area contributed by atoms with Gasteiger partial charge in [-0.2, -0.15) is 0 Å². The van der Waals surface area contributed by atoms with Crippen LogP contribution >= 0.6 is 0 Å². The molecule has 2 unspecified atom stereocenters. The molecule has 3 rings (SSSR count). The molecule has 0 amide bonds. The van der Waals surface area contributed by atoms with E-state index in [-0.39, 0.29) is 11.2 Å². The van der Waals surface area contributed by atoms with Crippen LogP contribution in [0.5, 0.6) is 0 Å². The van der Waals surface area contributed by atoms with E-state index in [9.17, 15) is 0 Å². The normalized spacial score (nSPS) is 41.6. The van der Waals surface area contributed by atoms with E-state index in [1.165, 1.54) is 103 Å². The quantitative estimate of drug-likeness (QED) is 0.419. The summed E-state index contributed by atoms with van der Waals surface area (Å²) in [5.41, 5.74) is 1.30. The van der Waals surface area contributed by atoms with E-state index >= 15 is 0 Å². The van der Waals surface area contributed by atoms with Crippen molar-refractivity contribution in [3.05, 3.63) is 0 Å². The van der Waals surface area contributed by atoms with Crippen molar-refractivity contribution in [3.63, 3.8) is 0 Å². The fourth-order valence-corrected chi connectivity index (χ4v) is 6.25. The average molecular weight is 393 g/mol. The van der Waals surface area contributed by atoms with E-state index < -0.39 is 0 Å². The summed E-state index contributed by atoms with van der Waals surface area (Å²) < 4.78 is 13.4. The van der Waals surface area contributed by atoms with Crippen LogP contribution in [0, 0.1) is 10.8 Å². The maximum absolute atomic E-state index is 6.70. The number of hydrogen-bond donors (Lipinski definition) is 0. The molecule has 28 heavy (non-hydrogen) atoms. The van der Waals surface area contributed by atoms with Crippen LogP contribution in [0.2, 0.25) is 0 Å². The third-order valence-corrected chi connectivity index (χ3v) is 9.28. The van der Waals surface area contributed by atoms with Gasteiger partial charge in [0.15, 0.2) is 0 Å². The van der Waals surface area contributed by atoms with E-state index in [0.29, 0.717) is 10.8 Å². The topological polar surface area (TPSA) is 18.5 Å². The highest BCUT2D eigenvalue weighted by Gasteiger charge is 2.50. The number of unbranched alkanes of at least 4 members (excludes halogenated alkanes) is 2. The third kappa shape index (κ3) is 4.80. The van der Waals surface area contributed by atoms with Gasteiger partial charge in [0.1, 0.15) is 0 Å². The summed E-state index contributed by atoms with van der Waals surface area (Å²) in [4.78, 5) is 0. The SMILES string of the molecule is CCCCC1(CC)CCC2(CCC3(CCC(CC)(CCCC)CO3)CC2)OC1. The summed E-state index contributed by atoms with van der Waals surface area (Å²) in [6, 6.07) is 0. The molecule has 3 fully saturated rings. The summed E-state index contributed by atoms with van der Waals surface area (Å²) in [6.45, 7) is 11.4. The Morgan fingerprint density at radius 1 is 0.536 bits per heavy atom. The lowest BCUT2D eigenvalue weighted by molar-refractivity contribution is -0.206. The molecule has 2 spiro atoms. The van der Waals surface area contributed by atoms with Crippen LogP contribution in [-0.4, -0.2) is 24.4 Å². The first-order chi connectivity index (χ1) is 13.5. The van der Waals surface area contributed by atoms with E-state index in [2.05, 4.69) is 27.7 Å². The summed E-state index contributed by atoms with van der Waals surface area (Å²) in [6.07, 6.45) is 20.9. The van der Waals surface area contributed by atoms with Gasteiger partial charge in [0.25, 0.3) is 0 Å². The summed E-state index contributed by atoms with van der Waals surface area (Å²) >= 11 is 0. The van der Waals surface area contributed by atoms with Crippen LogP contribution in [0.1, 0.15) is 130 Å². The Morgan fingerprint density at radius 3 is 1.14 bits per heavy atom. The minimum Gasteiger partial charge on any atom is -0.374 e. The van der Waals surface area contributed by atoms with Gasteiger partial charge in [-0.15, -0.1) is 0 Å². The maximum Gasteiger partial charge on any atom is 0.0685 e. The van der Waals surface area contributed by atoms with Gasteiger partial charge >= 0.3 is 0 Å². The van der Waals surface area contributed by atoms with Crippen LogP contribution in [0.3, 0.4) is 0 Å². The van der Waals surface area contributed by atoms with Gasteiger partial charge in [-0.3, -0.25) is 0 Å². The van der Waals surface area contributed by atoms with Crippen molar-refractivity contribution in [1.82, 2.24) is 0 Å². The molecule has 164 valence electrons. The second-order valence-corrected chi connectivity index (χ2v) is 10.9. The van der Waals surface area contributed by atoms with Crippen LogP contribution in [0.15, 0.2) is 0 Å². The minimum atomic E-state index is 0.182. The van der Waals surface area contributed by atoms with Crippen LogP contribution < -0.4 is 0 Å². The van der Waals surface area contributed by atoms with Gasteiger partial charge in [-0.05, 0) is 87.9 Å². The molecule has 2 heteroatoms. The molecular weight excluding hydrogens is 344 g/mol. The van der Waals surface area contributed by atoms with Crippen molar-refractivity contribution in [2.24, 2.45) is 10.8 Å². The minimum absolute atomic E-state index is 0.182. The highest BCUT2D eigenvalue weighted by Crippen LogP contribution is 2.53. The second kappa shape index (κ2) is 9.38. The summed E-state index contributed by atoms with van der Waals surface area (Å²) in [5, 5.41) is 0. The standard InChI is InChI=1S/C26H48O2/c1-5-9-11-23(7-3)13-15-25(27-21-23)17-19-26(20-18-25)16-14-24(8-4,22-28-26)12-10-6-2/h5-22H2,1-4H3. The predicted octanol–water partition coefficient (Wildman–Crippen LogP) is 7.83. The molecule has 2 aliphatic heterocycles. The molecule has 2 atom stereocenters. The van der Waals surface area contributed by atoms with Crippen molar-refractivity contribution < 1.29 is 9.47 Å². The molecule has 0 N–H and O–H groups in total. The monoisotopic (exact) mass is 392 g/mol. The average Bonchev–Trinajstić information content (AvgIpc) is 2.76. The van der Waals surface area contributed by atoms with Gasteiger partial charge in [0.2, 0.25) is 0 Å². The highest BCUT2D eigenvalue weighted by molar-refractivity contribution is 5.02. The van der Waals surface area contributed by atoms with Gasteiger partial charge in [-0.25, -0.2) is 0 Å². The third-order valence-electron chi connectivity index (χ3n) is 9.28. The molecule has 2 saturated heterocycles. The molecular formula is C26H48O2. The molecule has 2 nitrogen and oxygen atoms in total. The van der Waals surface area contributed by atoms with E-state index in [0.717, 1.165) is 13.2 Å². The Kier molecular flexibility index (Phi) is 7.57. The zero-order valence-electron chi connectivity index (χ0n) is 19.5. The molecule has 0 aromatic carbocycles. The Morgan fingerprint density at radius 2 is 0.893 bits per heavy atom. The van der Waals surface area contributed by atoms with Crippen molar-refractivity contribution >= 4 is 0 Å². The first-order valence-corrected chi connectivity index (χ1v) is 12.8. The molecule has 2 heterocycles. The molecule has 0 bridgehead atoms. The lowest BCUT2D eigenvalue weighted by Gasteiger charge is -2.54. The first-order valence-electron chi connectivity index (χ1n) is 12.8. The Bertz CT molecular complexity index is 411. The molecule has 0 aromatic rings.